The van der Waals surface area contributed by atoms with E-state index in [1.807, 2.05) is 24.3 Å². The second-order valence-corrected chi connectivity index (χ2v) is 6.59. The molecule has 112 valence electrons. The number of rotatable bonds is 7. The van der Waals surface area contributed by atoms with Crippen LogP contribution in [0, 0.1) is 6.92 Å². The van der Waals surface area contributed by atoms with Gasteiger partial charge in [0.1, 0.15) is 11.6 Å². The molecule has 0 atom stereocenters. The fourth-order valence-corrected chi connectivity index (χ4v) is 3.24. The van der Waals surface area contributed by atoms with Crippen LogP contribution in [-0.2, 0) is 13.1 Å². The van der Waals surface area contributed by atoms with Gasteiger partial charge in [-0.25, -0.2) is 9.97 Å². The Labute approximate surface area is 130 Å². The molecule has 2 aromatic rings. The number of anilines is 1. The normalized spacial score (nSPS) is 14.6. The predicted octanol–water partition coefficient (Wildman–Crippen LogP) is 3.44. The zero-order valence-electron chi connectivity index (χ0n) is 12.7. The van der Waals surface area contributed by atoms with Gasteiger partial charge in [-0.1, -0.05) is 6.07 Å². The van der Waals surface area contributed by atoms with Crippen molar-refractivity contribution < 1.29 is 0 Å². The highest BCUT2D eigenvalue weighted by molar-refractivity contribution is 7.09. The lowest BCUT2D eigenvalue weighted by Crippen LogP contribution is -2.26. The molecule has 0 amide bonds. The zero-order valence-corrected chi connectivity index (χ0v) is 13.5. The van der Waals surface area contributed by atoms with Crippen LogP contribution in [0.3, 0.4) is 0 Å². The van der Waals surface area contributed by atoms with Gasteiger partial charge in [0, 0.05) is 35.8 Å². The van der Waals surface area contributed by atoms with E-state index >= 15 is 0 Å². The molecule has 0 aromatic carbocycles. The lowest BCUT2D eigenvalue weighted by Gasteiger charge is -2.20. The van der Waals surface area contributed by atoms with E-state index in [0.29, 0.717) is 6.04 Å². The molecular weight excluding hydrogens is 280 g/mol. The zero-order chi connectivity index (χ0) is 14.7. The summed E-state index contributed by atoms with van der Waals surface area (Å²) >= 11 is 1.83. The van der Waals surface area contributed by atoms with Gasteiger partial charge in [-0.2, -0.15) is 0 Å². The molecule has 1 saturated carbocycles. The SMILES string of the molecule is CCNc1cc(C)nc(CN(Cc2cccs2)C2CC2)n1. The molecule has 2 aromatic heterocycles. The van der Waals surface area contributed by atoms with Crippen molar-refractivity contribution in [2.75, 3.05) is 11.9 Å². The average molecular weight is 302 g/mol. The summed E-state index contributed by atoms with van der Waals surface area (Å²) in [5.41, 5.74) is 1.03. The van der Waals surface area contributed by atoms with Crippen molar-refractivity contribution in [3.8, 4) is 0 Å². The van der Waals surface area contributed by atoms with E-state index in [9.17, 15) is 0 Å². The molecule has 5 heteroatoms. The Bertz CT molecular complexity index is 578. The molecule has 3 rings (SSSR count). The molecule has 0 saturated heterocycles. The first-order valence-corrected chi connectivity index (χ1v) is 8.47. The van der Waals surface area contributed by atoms with Crippen molar-refractivity contribution in [3.05, 3.63) is 40.0 Å². The van der Waals surface area contributed by atoms with Crippen LogP contribution in [0.5, 0.6) is 0 Å². The Balaban J connectivity index is 1.73. The molecule has 21 heavy (non-hydrogen) atoms. The number of hydrogen-bond acceptors (Lipinski definition) is 5. The van der Waals surface area contributed by atoms with Crippen molar-refractivity contribution in [1.29, 1.82) is 0 Å². The quantitative estimate of drug-likeness (QED) is 0.850. The second kappa shape index (κ2) is 6.54. The number of nitrogens with one attached hydrogen (secondary N) is 1. The van der Waals surface area contributed by atoms with E-state index in [1.54, 1.807) is 0 Å². The Kier molecular flexibility index (Phi) is 4.51. The molecule has 1 N–H and O–H groups in total. The van der Waals surface area contributed by atoms with Gasteiger partial charge in [0.25, 0.3) is 0 Å². The number of aromatic nitrogens is 2. The first-order chi connectivity index (χ1) is 10.2. The van der Waals surface area contributed by atoms with Crippen LogP contribution in [0.25, 0.3) is 0 Å². The Hall–Kier alpha value is -1.46. The summed E-state index contributed by atoms with van der Waals surface area (Å²) in [7, 11) is 0. The van der Waals surface area contributed by atoms with E-state index in [4.69, 9.17) is 0 Å². The van der Waals surface area contributed by atoms with E-state index in [-0.39, 0.29) is 0 Å². The van der Waals surface area contributed by atoms with Gasteiger partial charge in [-0.15, -0.1) is 11.3 Å². The van der Waals surface area contributed by atoms with Crippen LogP contribution >= 0.6 is 11.3 Å². The van der Waals surface area contributed by atoms with E-state index in [1.165, 1.54) is 17.7 Å². The highest BCUT2D eigenvalue weighted by Gasteiger charge is 2.29. The lowest BCUT2D eigenvalue weighted by atomic mass is 10.3. The van der Waals surface area contributed by atoms with E-state index in [0.717, 1.165) is 37.0 Å². The van der Waals surface area contributed by atoms with Gasteiger partial charge in [-0.3, -0.25) is 4.90 Å². The monoisotopic (exact) mass is 302 g/mol. The second-order valence-electron chi connectivity index (χ2n) is 5.56. The van der Waals surface area contributed by atoms with Gasteiger partial charge in [0.2, 0.25) is 0 Å². The van der Waals surface area contributed by atoms with Crippen molar-refractivity contribution in [1.82, 2.24) is 14.9 Å². The third-order valence-corrected chi connectivity index (χ3v) is 4.47. The molecule has 0 radical (unpaired) electrons. The first-order valence-electron chi connectivity index (χ1n) is 7.59. The molecule has 2 heterocycles. The molecular formula is C16H22N4S. The van der Waals surface area contributed by atoms with Crippen molar-refractivity contribution in [3.63, 3.8) is 0 Å². The molecule has 1 aliphatic rings. The van der Waals surface area contributed by atoms with Gasteiger partial charge < -0.3 is 5.32 Å². The Morgan fingerprint density at radius 1 is 1.33 bits per heavy atom. The number of thiophene rings is 1. The Morgan fingerprint density at radius 3 is 2.86 bits per heavy atom. The fraction of sp³-hybridized carbons (Fsp3) is 0.500. The molecule has 0 aliphatic heterocycles. The summed E-state index contributed by atoms with van der Waals surface area (Å²) in [5.74, 6) is 1.86. The molecule has 0 spiro atoms. The van der Waals surface area contributed by atoms with E-state index in [2.05, 4.69) is 44.6 Å². The topological polar surface area (TPSA) is 41.1 Å². The van der Waals surface area contributed by atoms with E-state index < -0.39 is 0 Å². The number of hydrogen-bond donors (Lipinski definition) is 1. The summed E-state index contributed by atoms with van der Waals surface area (Å²) in [6.07, 6.45) is 2.61. The molecule has 1 fully saturated rings. The van der Waals surface area contributed by atoms with Crippen LogP contribution in [0.4, 0.5) is 5.82 Å². The highest BCUT2D eigenvalue weighted by atomic mass is 32.1. The molecule has 1 aliphatic carbocycles. The van der Waals surface area contributed by atoms with Gasteiger partial charge in [-0.05, 0) is 38.1 Å². The molecule has 0 bridgehead atoms. The van der Waals surface area contributed by atoms with Crippen LogP contribution in [-0.4, -0.2) is 27.5 Å². The minimum Gasteiger partial charge on any atom is -0.370 e. The standard InChI is InChI=1S/C16H22N4S/c1-3-17-15-9-12(2)18-16(19-15)11-20(13-6-7-13)10-14-5-4-8-21-14/h4-5,8-9,13H,3,6-7,10-11H2,1-2H3,(H,17,18,19). The minimum absolute atomic E-state index is 0.707. The van der Waals surface area contributed by atoms with Crippen molar-refractivity contribution in [2.45, 2.75) is 45.8 Å². The summed E-state index contributed by atoms with van der Waals surface area (Å²) in [5, 5.41) is 5.43. The summed E-state index contributed by atoms with van der Waals surface area (Å²) in [6, 6.07) is 7.05. The predicted molar refractivity (Wildman–Crippen MR) is 87.5 cm³/mol. The van der Waals surface area contributed by atoms with Gasteiger partial charge in [0.05, 0.1) is 6.54 Å². The van der Waals surface area contributed by atoms with Crippen molar-refractivity contribution >= 4 is 17.2 Å². The maximum Gasteiger partial charge on any atom is 0.144 e. The average Bonchev–Trinajstić information content (AvgIpc) is 3.16. The third-order valence-electron chi connectivity index (χ3n) is 3.61. The van der Waals surface area contributed by atoms with Crippen LogP contribution in [0.2, 0.25) is 0 Å². The van der Waals surface area contributed by atoms with Gasteiger partial charge in [0.15, 0.2) is 0 Å². The number of aryl methyl sites for hydroxylation is 1. The maximum absolute atomic E-state index is 4.64. The van der Waals surface area contributed by atoms with Crippen LogP contribution < -0.4 is 5.32 Å². The first kappa shape index (κ1) is 14.5. The summed E-state index contributed by atoms with van der Waals surface area (Å²) in [4.78, 5) is 13.2. The summed E-state index contributed by atoms with van der Waals surface area (Å²) < 4.78 is 0. The highest BCUT2D eigenvalue weighted by Crippen LogP contribution is 2.30. The largest absolute Gasteiger partial charge is 0.370 e. The van der Waals surface area contributed by atoms with Crippen LogP contribution in [0.1, 0.15) is 36.2 Å². The van der Waals surface area contributed by atoms with Gasteiger partial charge >= 0.3 is 0 Å². The lowest BCUT2D eigenvalue weighted by molar-refractivity contribution is 0.241. The fourth-order valence-electron chi connectivity index (χ4n) is 2.51. The molecule has 4 nitrogen and oxygen atoms in total. The minimum atomic E-state index is 0.707. The smallest absolute Gasteiger partial charge is 0.144 e. The Morgan fingerprint density at radius 2 is 2.19 bits per heavy atom. The summed E-state index contributed by atoms with van der Waals surface area (Å²) in [6.45, 7) is 6.85. The van der Waals surface area contributed by atoms with Crippen LogP contribution in [0.15, 0.2) is 23.6 Å². The maximum atomic E-state index is 4.64. The molecule has 0 unspecified atom stereocenters. The van der Waals surface area contributed by atoms with Crippen molar-refractivity contribution in [2.24, 2.45) is 0 Å². The third kappa shape index (κ3) is 4.02. The number of nitrogens with zero attached hydrogens (tertiary/aromatic N) is 3.